The first-order valence-corrected chi connectivity index (χ1v) is 6.04. The minimum atomic E-state index is 0.0850. The molecule has 0 saturated heterocycles. The fraction of sp³-hybridized carbons (Fsp3) is 0.273. The minimum absolute atomic E-state index is 0.0850. The Hall–Kier alpha value is -0.120. The summed E-state index contributed by atoms with van der Waals surface area (Å²) in [6.07, 6.45) is 3.78. The summed E-state index contributed by atoms with van der Waals surface area (Å²) in [5.74, 6) is 0. The first kappa shape index (κ1) is 12.0. The lowest BCUT2D eigenvalue weighted by atomic mass is 10.0. The van der Waals surface area contributed by atoms with Gasteiger partial charge in [0.15, 0.2) is 0 Å². The molecule has 0 aliphatic heterocycles. The molecule has 0 saturated carbocycles. The number of nitrogens with two attached hydrogens (primary N) is 1. The van der Waals surface area contributed by atoms with Crippen molar-refractivity contribution in [1.29, 1.82) is 0 Å². The molecule has 3 heteroatoms. The van der Waals surface area contributed by atoms with E-state index in [0.717, 1.165) is 27.4 Å². The number of hydrogen-bond donors (Lipinski definition) is 1. The Kier molecular flexibility index (Phi) is 4.85. The summed E-state index contributed by atoms with van der Waals surface area (Å²) in [4.78, 5) is 0. The Morgan fingerprint density at radius 3 is 2.36 bits per heavy atom. The Labute approximate surface area is 102 Å². The molecule has 1 rings (SSSR count). The third-order valence-corrected chi connectivity index (χ3v) is 2.91. The molecule has 0 fully saturated rings. The molecule has 0 aliphatic rings. The molecule has 0 radical (unpaired) electrons. The summed E-state index contributed by atoms with van der Waals surface area (Å²) in [6.45, 7) is 3.69. The van der Waals surface area contributed by atoms with Gasteiger partial charge < -0.3 is 5.73 Å². The van der Waals surface area contributed by atoms with Crippen molar-refractivity contribution in [3.8, 4) is 0 Å². The maximum Gasteiger partial charge on any atom is 0.0298 e. The largest absolute Gasteiger partial charge is 0.324 e. The molecule has 0 aliphatic carbocycles. The van der Waals surface area contributed by atoms with E-state index in [0.29, 0.717) is 0 Å². The van der Waals surface area contributed by atoms with Gasteiger partial charge >= 0.3 is 0 Å². The van der Waals surface area contributed by atoms with Gasteiger partial charge in [0.1, 0.15) is 0 Å². The average molecular weight is 319 g/mol. The van der Waals surface area contributed by atoms with Crippen LogP contribution in [0.5, 0.6) is 0 Å². The van der Waals surface area contributed by atoms with Gasteiger partial charge in [-0.25, -0.2) is 0 Å². The summed E-state index contributed by atoms with van der Waals surface area (Å²) < 4.78 is 2.10. The fourth-order valence-electron chi connectivity index (χ4n) is 1.25. The van der Waals surface area contributed by atoms with Crippen molar-refractivity contribution >= 4 is 31.9 Å². The first-order chi connectivity index (χ1) is 6.63. The third kappa shape index (κ3) is 3.56. The van der Waals surface area contributed by atoms with Crippen LogP contribution in [0.2, 0.25) is 0 Å². The first-order valence-electron chi connectivity index (χ1n) is 4.46. The monoisotopic (exact) mass is 317 g/mol. The molecule has 14 heavy (non-hydrogen) atoms. The van der Waals surface area contributed by atoms with Gasteiger partial charge in [-0.3, -0.25) is 0 Å². The summed E-state index contributed by atoms with van der Waals surface area (Å²) in [5, 5.41) is 0. The lowest BCUT2D eigenvalue weighted by molar-refractivity contribution is 0.661. The molecule has 0 aromatic heterocycles. The SMILES string of the molecule is C=CCCC(N)c1cc(Br)cc(Br)c1. The molecule has 0 bridgehead atoms. The van der Waals surface area contributed by atoms with E-state index in [-0.39, 0.29) is 6.04 Å². The van der Waals surface area contributed by atoms with E-state index in [1.54, 1.807) is 0 Å². The number of allylic oxidation sites excluding steroid dienone is 1. The van der Waals surface area contributed by atoms with Crippen LogP contribution in [-0.4, -0.2) is 0 Å². The second-order valence-electron chi connectivity index (χ2n) is 3.18. The second-order valence-corrected chi connectivity index (χ2v) is 5.01. The Morgan fingerprint density at radius 2 is 1.86 bits per heavy atom. The number of rotatable bonds is 4. The van der Waals surface area contributed by atoms with Crippen molar-refractivity contribution in [2.75, 3.05) is 0 Å². The second kappa shape index (κ2) is 5.69. The molecular formula is C11H13Br2N. The van der Waals surface area contributed by atoms with Gasteiger partial charge in [-0.15, -0.1) is 6.58 Å². The molecule has 0 amide bonds. The van der Waals surface area contributed by atoms with Crippen molar-refractivity contribution in [3.05, 3.63) is 45.4 Å². The molecule has 1 atom stereocenters. The molecular weight excluding hydrogens is 306 g/mol. The van der Waals surface area contributed by atoms with Gasteiger partial charge in [0.2, 0.25) is 0 Å². The van der Waals surface area contributed by atoms with Crippen molar-refractivity contribution in [2.24, 2.45) is 5.73 Å². The normalized spacial score (nSPS) is 12.5. The Balaban J connectivity index is 2.78. The summed E-state index contributed by atoms with van der Waals surface area (Å²) >= 11 is 6.89. The van der Waals surface area contributed by atoms with Crippen LogP contribution in [0.1, 0.15) is 24.4 Å². The van der Waals surface area contributed by atoms with E-state index in [2.05, 4.69) is 50.6 Å². The van der Waals surface area contributed by atoms with E-state index in [9.17, 15) is 0 Å². The predicted molar refractivity (Wildman–Crippen MR) is 68.2 cm³/mol. The highest BCUT2D eigenvalue weighted by Crippen LogP contribution is 2.25. The van der Waals surface area contributed by atoms with Crippen molar-refractivity contribution in [1.82, 2.24) is 0 Å². The van der Waals surface area contributed by atoms with Gasteiger partial charge in [-0.1, -0.05) is 37.9 Å². The molecule has 0 spiro atoms. The van der Waals surface area contributed by atoms with Crippen LogP contribution >= 0.6 is 31.9 Å². The molecule has 76 valence electrons. The van der Waals surface area contributed by atoms with Gasteiger partial charge in [0.25, 0.3) is 0 Å². The Morgan fingerprint density at radius 1 is 1.29 bits per heavy atom. The van der Waals surface area contributed by atoms with Crippen molar-refractivity contribution < 1.29 is 0 Å². The molecule has 2 N–H and O–H groups in total. The maximum absolute atomic E-state index is 6.03. The van der Waals surface area contributed by atoms with E-state index >= 15 is 0 Å². The van der Waals surface area contributed by atoms with E-state index < -0.39 is 0 Å². The minimum Gasteiger partial charge on any atom is -0.324 e. The lowest BCUT2D eigenvalue weighted by Gasteiger charge is -2.11. The predicted octanol–water partition coefficient (Wildman–Crippen LogP) is 4.18. The van der Waals surface area contributed by atoms with E-state index in [1.807, 2.05) is 12.1 Å². The highest BCUT2D eigenvalue weighted by atomic mass is 79.9. The van der Waals surface area contributed by atoms with E-state index in [1.165, 1.54) is 0 Å². The summed E-state index contributed by atoms with van der Waals surface area (Å²) in [6, 6.07) is 6.20. The molecule has 0 heterocycles. The quantitative estimate of drug-likeness (QED) is 0.828. The van der Waals surface area contributed by atoms with Gasteiger partial charge in [0, 0.05) is 15.0 Å². The fourth-order valence-corrected chi connectivity index (χ4v) is 2.58. The molecule has 1 nitrogen and oxygen atoms in total. The van der Waals surface area contributed by atoms with Gasteiger partial charge in [0.05, 0.1) is 0 Å². The van der Waals surface area contributed by atoms with Crippen LogP contribution in [-0.2, 0) is 0 Å². The summed E-state index contributed by atoms with van der Waals surface area (Å²) in [7, 11) is 0. The standard InChI is InChI=1S/C11H13Br2N/c1-2-3-4-11(14)8-5-9(12)7-10(13)6-8/h2,5-7,11H,1,3-4,14H2. The molecule has 1 aromatic carbocycles. The van der Waals surface area contributed by atoms with Gasteiger partial charge in [-0.05, 0) is 36.6 Å². The number of halogens is 2. The average Bonchev–Trinajstić information content (AvgIpc) is 2.12. The van der Waals surface area contributed by atoms with Crippen molar-refractivity contribution in [2.45, 2.75) is 18.9 Å². The Bertz CT molecular complexity index is 303. The topological polar surface area (TPSA) is 26.0 Å². The highest BCUT2D eigenvalue weighted by Gasteiger charge is 2.06. The number of benzene rings is 1. The van der Waals surface area contributed by atoms with Crippen LogP contribution in [0.15, 0.2) is 39.8 Å². The lowest BCUT2D eigenvalue weighted by Crippen LogP contribution is -2.09. The molecule has 1 aromatic rings. The van der Waals surface area contributed by atoms with Crippen LogP contribution in [0, 0.1) is 0 Å². The maximum atomic E-state index is 6.03. The van der Waals surface area contributed by atoms with Crippen LogP contribution in [0.3, 0.4) is 0 Å². The zero-order valence-corrected chi connectivity index (χ0v) is 11.0. The van der Waals surface area contributed by atoms with Crippen LogP contribution in [0.25, 0.3) is 0 Å². The zero-order valence-electron chi connectivity index (χ0n) is 7.84. The third-order valence-electron chi connectivity index (χ3n) is 1.99. The van der Waals surface area contributed by atoms with Crippen LogP contribution in [0.4, 0.5) is 0 Å². The van der Waals surface area contributed by atoms with Crippen LogP contribution < -0.4 is 5.73 Å². The summed E-state index contributed by atoms with van der Waals surface area (Å²) in [5.41, 5.74) is 7.18. The zero-order chi connectivity index (χ0) is 10.6. The van der Waals surface area contributed by atoms with E-state index in [4.69, 9.17) is 5.73 Å². The number of hydrogen-bond acceptors (Lipinski definition) is 1. The molecule has 1 unspecified atom stereocenters. The smallest absolute Gasteiger partial charge is 0.0298 e. The van der Waals surface area contributed by atoms with Crippen molar-refractivity contribution in [3.63, 3.8) is 0 Å². The van der Waals surface area contributed by atoms with Gasteiger partial charge in [-0.2, -0.15) is 0 Å². The highest BCUT2D eigenvalue weighted by molar-refractivity contribution is 9.11.